The minimum atomic E-state index is -0.364. The van der Waals surface area contributed by atoms with Crippen LogP contribution in [0.15, 0.2) is 41.2 Å². The second kappa shape index (κ2) is 8.77. The standard InChI is InChI=1S/C21H25N3O3/c1-15-22-18-13-8-10-16(9-4-2-7-14-19(25)23-27)20(18)21(26)24(15)17-11-5-3-6-12-17/h5,8,10-13,27H,2-4,6-7,9,14H2,1H3,(H,23,25). The number of hydrogen-bond acceptors (Lipinski definition) is 4. The van der Waals surface area contributed by atoms with Crippen LogP contribution in [0.4, 0.5) is 0 Å². The summed E-state index contributed by atoms with van der Waals surface area (Å²) in [6, 6.07) is 5.80. The Labute approximate surface area is 158 Å². The van der Waals surface area contributed by atoms with Crippen molar-refractivity contribution in [3.63, 3.8) is 0 Å². The predicted octanol–water partition coefficient (Wildman–Crippen LogP) is 3.50. The topological polar surface area (TPSA) is 84.2 Å². The SMILES string of the molecule is Cc1nc2cccc(CCCCCC(=O)NO)c2c(=O)n1C1=CCCC=C1. The second-order valence-electron chi connectivity index (χ2n) is 6.82. The molecular weight excluding hydrogens is 342 g/mol. The zero-order valence-electron chi connectivity index (χ0n) is 15.6. The van der Waals surface area contributed by atoms with Crippen LogP contribution in [0.25, 0.3) is 16.6 Å². The first-order valence-electron chi connectivity index (χ1n) is 9.43. The van der Waals surface area contributed by atoms with Crippen LogP contribution in [0, 0.1) is 6.92 Å². The van der Waals surface area contributed by atoms with Gasteiger partial charge in [0.15, 0.2) is 0 Å². The molecule has 0 spiro atoms. The van der Waals surface area contributed by atoms with Crippen LogP contribution in [0.3, 0.4) is 0 Å². The van der Waals surface area contributed by atoms with Gasteiger partial charge in [0.2, 0.25) is 5.91 Å². The Balaban J connectivity index is 1.86. The molecule has 2 aromatic rings. The summed E-state index contributed by atoms with van der Waals surface area (Å²) in [5.74, 6) is 0.328. The number of benzene rings is 1. The van der Waals surface area contributed by atoms with Crippen molar-refractivity contribution in [3.8, 4) is 0 Å². The number of carbonyl (C=O) groups excluding carboxylic acids is 1. The second-order valence-corrected chi connectivity index (χ2v) is 6.82. The highest BCUT2D eigenvalue weighted by molar-refractivity contribution is 5.82. The quantitative estimate of drug-likeness (QED) is 0.446. The van der Waals surface area contributed by atoms with Crippen molar-refractivity contribution in [1.29, 1.82) is 0 Å². The molecule has 0 atom stereocenters. The first-order chi connectivity index (χ1) is 13.1. The monoisotopic (exact) mass is 367 g/mol. The summed E-state index contributed by atoms with van der Waals surface area (Å²) in [4.78, 5) is 29.0. The van der Waals surface area contributed by atoms with Crippen molar-refractivity contribution in [2.24, 2.45) is 0 Å². The zero-order valence-corrected chi connectivity index (χ0v) is 15.6. The molecule has 27 heavy (non-hydrogen) atoms. The summed E-state index contributed by atoms with van der Waals surface area (Å²) in [6.45, 7) is 1.86. The third kappa shape index (κ3) is 4.34. The largest absolute Gasteiger partial charge is 0.289 e. The molecule has 6 nitrogen and oxygen atoms in total. The fourth-order valence-corrected chi connectivity index (χ4v) is 3.52. The van der Waals surface area contributed by atoms with E-state index < -0.39 is 0 Å². The van der Waals surface area contributed by atoms with Crippen LogP contribution in [-0.4, -0.2) is 20.7 Å². The Morgan fingerprint density at radius 2 is 2.11 bits per heavy atom. The number of allylic oxidation sites excluding steroid dienone is 4. The Kier molecular flexibility index (Phi) is 6.19. The molecule has 3 rings (SSSR count). The number of nitrogens with one attached hydrogen (secondary N) is 1. The average molecular weight is 367 g/mol. The van der Waals surface area contributed by atoms with Crippen molar-refractivity contribution >= 4 is 22.5 Å². The molecule has 0 saturated heterocycles. The number of hydroxylamine groups is 1. The number of amides is 1. The number of carbonyl (C=O) groups is 1. The van der Waals surface area contributed by atoms with Gasteiger partial charge in [-0.25, -0.2) is 10.5 Å². The van der Waals surface area contributed by atoms with Gasteiger partial charge in [0.1, 0.15) is 5.82 Å². The van der Waals surface area contributed by atoms with Gasteiger partial charge in [0, 0.05) is 12.1 Å². The smallest absolute Gasteiger partial charge is 0.266 e. The summed E-state index contributed by atoms with van der Waals surface area (Å²) in [5.41, 5.74) is 4.23. The molecule has 0 bridgehead atoms. The van der Waals surface area contributed by atoms with E-state index in [1.807, 2.05) is 31.2 Å². The summed E-state index contributed by atoms with van der Waals surface area (Å²) >= 11 is 0. The van der Waals surface area contributed by atoms with E-state index in [1.54, 1.807) is 10.0 Å². The van der Waals surface area contributed by atoms with Gasteiger partial charge < -0.3 is 0 Å². The van der Waals surface area contributed by atoms with Crippen LogP contribution < -0.4 is 11.0 Å². The zero-order chi connectivity index (χ0) is 19.2. The van der Waals surface area contributed by atoms with Gasteiger partial charge in [-0.3, -0.25) is 19.4 Å². The lowest BCUT2D eigenvalue weighted by atomic mass is 10.0. The van der Waals surface area contributed by atoms with E-state index >= 15 is 0 Å². The average Bonchev–Trinajstić information content (AvgIpc) is 2.68. The maximum absolute atomic E-state index is 13.3. The van der Waals surface area contributed by atoms with Crippen molar-refractivity contribution in [2.75, 3.05) is 0 Å². The molecule has 1 aromatic carbocycles. The van der Waals surface area contributed by atoms with Crippen LogP contribution >= 0.6 is 0 Å². The van der Waals surface area contributed by atoms with E-state index in [-0.39, 0.29) is 11.5 Å². The molecule has 0 unspecified atom stereocenters. The van der Waals surface area contributed by atoms with Gasteiger partial charge in [0.05, 0.1) is 10.9 Å². The number of unbranched alkanes of at least 4 members (excludes halogenated alkanes) is 2. The van der Waals surface area contributed by atoms with E-state index in [0.717, 1.165) is 48.9 Å². The van der Waals surface area contributed by atoms with Crippen LogP contribution in [0.1, 0.15) is 49.9 Å². The Morgan fingerprint density at radius 3 is 2.85 bits per heavy atom. The van der Waals surface area contributed by atoms with Gasteiger partial charge in [-0.05, 0) is 56.7 Å². The molecule has 1 aromatic heterocycles. The van der Waals surface area contributed by atoms with E-state index in [0.29, 0.717) is 24.1 Å². The first kappa shape index (κ1) is 19.0. The van der Waals surface area contributed by atoms with Gasteiger partial charge in [0.25, 0.3) is 5.56 Å². The summed E-state index contributed by atoms with van der Waals surface area (Å²) in [6.07, 6.45) is 11.6. The van der Waals surface area contributed by atoms with E-state index in [9.17, 15) is 9.59 Å². The van der Waals surface area contributed by atoms with E-state index in [1.165, 1.54) is 0 Å². The van der Waals surface area contributed by atoms with Gasteiger partial charge in [-0.2, -0.15) is 0 Å². The summed E-state index contributed by atoms with van der Waals surface area (Å²) < 4.78 is 1.70. The highest BCUT2D eigenvalue weighted by Crippen LogP contribution is 2.20. The molecule has 1 heterocycles. The lowest BCUT2D eigenvalue weighted by Gasteiger charge is -2.15. The van der Waals surface area contributed by atoms with Gasteiger partial charge >= 0.3 is 0 Å². The number of nitrogens with zero attached hydrogens (tertiary/aromatic N) is 2. The number of fused-ring (bicyclic) bond motifs is 1. The number of aryl methyl sites for hydroxylation is 2. The van der Waals surface area contributed by atoms with Crippen LogP contribution in [0.5, 0.6) is 0 Å². The van der Waals surface area contributed by atoms with Crippen molar-refractivity contribution in [3.05, 3.63) is 58.2 Å². The Bertz CT molecular complexity index is 957. The summed E-state index contributed by atoms with van der Waals surface area (Å²) in [5, 5.41) is 9.20. The number of hydrogen-bond donors (Lipinski definition) is 2. The third-order valence-electron chi connectivity index (χ3n) is 4.86. The highest BCUT2D eigenvalue weighted by Gasteiger charge is 2.14. The minimum Gasteiger partial charge on any atom is -0.289 e. The molecule has 1 amide bonds. The van der Waals surface area contributed by atoms with Gasteiger partial charge in [-0.15, -0.1) is 0 Å². The fraction of sp³-hybridized carbons (Fsp3) is 0.381. The lowest BCUT2D eigenvalue weighted by Crippen LogP contribution is -2.24. The van der Waals surface area contributed by atoms with E-state index in [4.69, 9.17) is 5.21 Å². The molecule has 0 saturated carbocycles. The lowest BCUT2D eigenvalue weighted by molar-refractivity contribution is -0.129. The Morgan fingerprint density at radius 1 is 1.26 bits per heavy atom. The van der Waals surface area contributed by atoms with Gasteiger partial charge in [-0.1, -0.05) is 30.7 Å². The normalized spacial score (nSPS) is 13.6. The maximum Gasteiger partial charge on any atom is 0.266 e. The molecule has 0 radical (unpaired) electrons. The van der Waals surface area contributed by atoms with E-state index in [2.05, 4.69) is 17.1 Å². The van der Waals surface area contributed by atoms with Crippen LogP contribution in [0.2, 0.25) is 0 Å². The minimum absolute atomic E-state index is 0.0226. The van der Waals surface area contributed by atoms with Crippen LogP contribution in [-0.2, 0) is 11.2 Å². The molecular formula is C21H25N3O3. The molecule has 2 N–H and O–H groups in total. The summed E-state index contributed by atoms with van der Waals surface area (Å²) in [7, 11) is 0. The number of aromatic nitrogens is 2. The maximum atomic E-state index is 13.3. The predicted molar refractivity (Wildman–Crippen MR) is 105 cm³/mol. The highest BCUT2D eigenvalue weighted by atomic mass is 16.5. The molecule has 0 fully saturated rings. The fourth-order valence-electron chi connectivity index (χ4n) is 3.52. The first-order valence-corrected chi connectivity index (χ1v) is 9.43. The van der Waals surface area contributed by atoms with Crippen molar-refractivity contribution in [2.45, 2.75) is 51.9 Å². The molecule has 142 valence electrons. The molecule has 1 aliphatic carbocycles. The third-order valence-corrected chi connectivity index (χ3v) is 4.86. The Hall–Kier alpha value is -2.73. The van der Waals surface area contributed by atoms with Crippen molar-refractivity contribution < 1.29 is 10.0 Å². The number of rotatable bonds is 7. The van der Waals surface area contributed by atoms with Crippen molar-refractivity contribution in [1.82, 2.24) is 15.0 Å². The molecule has 0 aliphatic heterocycles. The molecule has 1 aliphatic rings. The molecule has 6 heteroatoms.